The molecule has 0 saturated carbocycles. The standard InChI is InChI=1S/C23H23BrN4O3S2/c1-2-31-22(30)19-17-5-3-4-6-18(17)33-21(19)27-23(32)26-20(29)15-9-7-14(8-10-15)12-28-13-16(24)11-25-28/h7-11,13H,2-6,12H2,1H3,(H2,26,27,29,32). The van der Waals surface area contributed by atoms with Crippen molar-refractivity contribution in [1.82, 2.24) is 15.1 Å². The molecule has 0 unspecified atom stereocenters. The number of hydrogen-bond donors (Lipinski definition) is 2. The van der Waals surface area contributed by atoms with Crippen LogP contribution < -0.4 is 10.6 Å². The minimum atomic E-state index is -0.353. The van der Waals surface area contributed by atoms with Crippen LogP contribution in [0.1, 0.15) is 56.5 Å². The summed E-state index contributed by atoms with van der Waals surface area (Å²) < 4.78 is 7.99. The molecule has 2 aromatic heterocycles. The highest BCUT2D eigenvalue weighted by Gasteiger charge is 2.27. The summed E-state index contributed by atoms with van der Waals surface area (Å²) in [5.41, 5.74) is 3.09. The topological polar surface area (TPSA) is 85.3 Å². The first-order valence-electron chi connectivity index (χ1n) is 10.7. The van der Waals surface area contributed by atoms with E-state index in [1.807, 2.05) is 18.3 Å². The molecule has 0 spiro atoms. The van der Waals surface area contributed by atoms with Crippen molar-refractivity contribution in [2.45, 2.75) is 39.2 Å². The molecule has 1 aliphatic carbocycles. The minimum absolute atomic E-state index is 0.148. The second-order valence-corrected chi connectivity index (χ2v) is 10.0. The largest absolute Gasteiger partial charge is 0.462 e. The van der Waals surface area contributed by atoms with Gasteiger partial charge in [-0.3, -0.25) is 14.8 Å². The van der Waals surface area contributed by atoms with Gasteiger partial charge in [-0.1, -0.05) is 12.1 Å². The van der Waals surface area contributed by atoms with Gasteiger partial charge in [0.05, 0.1) is 29.4 Å². The third-order valence-corrected chi connectivity index (χ3v) is 7.09. The van der Waals surface area contributed by atoms with Crippen LogP contribution in [0.3, 0.4) is 0 Å². The number of carbonyl (C=O) groups is 2. The summed E-state index contributed by atoms with van der Waals surface area (Å²) in [5.74, 6) is -0.673. The van der Waals surface area contributed by atoms with Crippen LogP contribution in [-0.4, -0.2) is 33.4 Å². The number of thiocarbonyl (C=S) groups is 1. The summed E-state index contributed by atoms with van der Waals surface area (Å²) in [6, 6.07) is 7.26. The van der Waals surface area contributed by atoms with Crippen molar-refractivity contribution in [3.8, 4) is 0 Å². The molecule has 33 heavy (non-hydrogen) atoms. The third kappa shape index (κ3) is 5.69. The maximum atomic E-state index is 12.7. The number of halogens is 1. The Morgan fingerprint density at radius 3 is 2.70 bits per heavy atom. The number of amides is 1. The predicted molar refractivity (Wildman–Crippen MR) is 136 cm³/mol. The number of thiophene rings is 1. The lowest BCUT2D eigenvalue weighted by Crippen LogP contribution is -2.34. The second-order valence-electron chi connectivity index (χ2n) is 7.60. The predicted octanol–water partition coefficient (Wildman–Crippen LogP) is 4.94. The Labute approximate surface area is 209 Å². The first-order valence-corrected chi connectivity index (χ1v) is 12.7. The monoisotopic (exact) mass is 546 g/mol. The van der Waals surface area contributed by atoms with Gasteiger partial charge in [0.25, 0.3) is 5.91 Å². The fourth-order valence-electron chi connectivity index (χ4n) is 3.76. The molecule has 0 bridgehead atoms. The zero-order valence-electron chi connectivity index (χ0n) is 18.0. The van der Waals surface area contributed by atoms with Crippen LogP contribution in [0.2, 0.25) is 0 Å². The number of aromatic nitrogens is 2. The normalized spacial score (nSPS) is 12.7. The molecule has 0 radical (unpaired) electrons. The van der Waals surface area contributed by atoms with Gasteiger partial charge in [-0.2, -0.15) is 5.10 Å². The van der Waals surface area contributed by atoms with Gasteiger partial charge in [0.15, 0.2) is 5.11 Å². The van der Waals surface area contributed by atoms with Crippen molar-refractivity contribution < 1.29 is 14.3 Å². The van der Waals surface area contributed by atoms with Crippen LogP contribution in [-0.2, 0) is 24.1 Å². The van der Waals surface area contributed by atoms with E-state index in [2.05, 4.69) is 31.7 Å². The van der Waals surface area contributed by atoms with Crippen LogP contribution in [0.5, 0.6) is 0 Å². The highest BCUT2D eigenvalue weighted by Crippen LogP contribution is 2.38. The minimum Gasteiger partial charge on any atom is -0.462 e. The first kappa shape index (κ1) is 23.6. The van der Waals surface area contributed by atoms with E-state index >= 15 is 0 Å². The molecule has 0 saturated heterocycles. The molecule has 0 fully saturated rings. The van der Waals surface area contributed by atoms with Crippen LogP contribution in [0.15, 0.2) is 41.1 Å². The lowest BCUT2D eigenvalue weighted by Gasteiger charge is -2.13. The molecule has 3 aromatic rings. The van der Waals surface area contributed by atoms with Crippen molar-refractivity contribution >= 4 is 61.5 Å². The van der Waals surface area contributed by atoms with Gasteiger partial charge >= 0.3 is 5.97 Å². The van der Waals surface area contributed by atoms with Gasteiger partial charge in [-0.15, -0.1) is 11.3 Å². The number of esters is 1. The summed E-state index contributed by atoms with van der Waals surface area (Å²) in [7, 11) is 0. The molecule has 4 rings (SSSR count). The van der Waals surface area contributed by atoms with E-state index in [-0.39, 0.29) is 17.0 Å². The van der Waals surface area contributed by atoms with Gasteiger partial charge in [-0.05, 0) is 84.0 Å². The number of hydrogen-bond acceptors (Lipinski definition) is 6. The summed E-state index contributed by atoms with van der Waals surface area (Å²) in [6.45, 7) is 2.69. The molecular formula is C23H23BrN4O3S2. The fraction of sp³-hybridized carbons (Fsp3) is 0.304. The highest BCUT2D eigenvalue weighted by atomic mass is 79.9. The molecule has 7 nitrogen and oxygen atoms in total. The van der Waals surface area contributed by atoms with Crippen molar-refractivity contribution in [2.75, 3.05) is 11.9 Å². The van der Waals surface area contributed by atoms with E-state index < -0.39 is 0 Å². The number of nitrogens with one attached hydrogen (secondary N) is 2. The summed E-state index contributed by atoms with van der Waals surface area (Å²) in [4.78, 5) is 26.5. The van der Waals surface area contributed by atoms with Crippen LogP contribution >= 0.6 is 39.5 Å². The number of fused-ring (bicyclic) bond motifs is 1. The lowest BCUT2D eigenvalue weighted by atomic mass is 9.95. The van der Waals surface area contributed by atoms with E-state index in [1.54, 1.807) is 29.9 Å². The number of carbonyl (C=O) groups excluding carboxylic acids is 2. The quantitative estimate of drug-likeness (QED) is 0.336. The van der Waals surface area contributed by atoms with E-state index in [0.717, 1.165) is 41.3 Å². The van der Waals surface area contributed by atoms with Crippen molar-refractivity contribution in [1.29, 1.82) is 0 Å². The first-order chi connectivity index (χ1) is 15.9. The number of nitrogens with zero attached hydrogens (tertiary/aromatic N) is 2. The lowest BCUT2D eigenvalue weighted by molar-refractivity contribution is 0.0526. The van der Waals surface area contributed by atoms with Gasteiger partial charge in [0, 0.05) is 16.6 Å². The van der Waals surface area contributed by atoms with Crippen LogP contribution in [0.25, 0.3) is 0 Å². The van der Waals surface area contributed by atoms with Gasteiger partial charge < -0.3 is 10.1 Å². The van der Waals surface area contributed by atoms with Crippen molar-refractivity contribution in [2.24, 2.45) is 0 Å². The molecule has 2 heterocycles. The Hall–Kier alpha value is -2.56. The molecule has 172 valence electrons. The molecule has 1 aliphatic rings. The number of rotatable bonds is 6. The Balaban J connectivity index is 1.42. The van der Waals surface area contributed by atoms with E-state index in [0.29, 0.717) is 29.3 Å². The van der Waals surface area contributed by atoms with Crippen molar-refractivity contribution in [3.63, 3.8) is 0 Å². The molecule has 1 aromatic carbocycles. The molecule has 10 heteroatoms. The van der Waals surface area contributed by atoms with Gasteiger partial charge in [0.2, 0.25) is 0 Å². The molecule has 1 amide bonds. The Kier molecular flexibility index (Phi) is 7.56. The third-order valence-electron chi connectivity index (χ3n) is 5.27. The Morgan fingerprint density at radius 1 is 1.24 bits per heavy atom. The second kappa shape index (κ2) is 10.6. The Morgan fingerprint density at radius 2 is 2.00 bits per heavy atom. The highest BCUT2D eigenvalue weighted by molar-refractivity contribution is 9.10. The zero-order chi connectivity index (χ0) is 23.4. The van der Waals surface area contributed by atoms with Crippen LogP contribution in [0, 0.1) is 0 Å². The van der Waals surface area contributed by atoms with Crippen molar-refractivity contribution in [3.05, 3.63) is 68.3 Å². The van der Waals surface area contributed by atoms with E-state index in [1.165, 1.54) is 16.2 Å². The van der Waals surface area contributed by atoms with E-state index in [9.17, 15) is 9.59 Å². The van der Waals surface area contributed by atoms with Crippen LogP contribution in [0.4, 0.5) is 5.00 Å². The SMILES string of the molecule is CCOC(=O)c1c(NC(=S)NC(=O)c2ccc(Cn3cc(Br)cn3)cc2)sc2c1CCCC2. The summed E-state index contributed by atoms with van der Waals surface area (Å²) in [6.07, 6.45) is 7.55. The average molecular weight is 548 g/mol. The molecule has 2 N–H and O–H groups in total. The maximum Gasteiger partial charge on any atom is 0.341 e. The number of ether oxygens (including phenoxy) is 1. The maximum absolute atomic E-state index is 12.7. The van der Waals surface area contributed by atoms with E-state index in [4.69, 9.17) is 17.0 Å². The fourth-order valence-corrected chi connectivity index (χ4v) is 5.63. The molecule has 0 atom stereocenters. The van der Waals surface area contributed by atoms with Gasteiger partial charge in [-0.25, -0.2) is 4.79 Å². The molecular weight excluding hydrogens is 524 g/mol. The number of aryl methyl sites for hydroxylation is 1. The number of benzene rings is 1. The zero-order valence-corrected chi connectivity index (χ0v) is 21.2. The summed E-state index contributed by atoms with van der Waals surface area (Å²) in [5, 5.41) is 10.8. The number of anilines is 1. The Bertz CT molecular complexity index is 1190. The summed E-state index contributed by atoms with van der Waals surface area (Å²) >= 11 is 10.3. The smallest absolute Gasteiger partial charge is 0.341 e. The van der Waals surface area contributed by atoms with Gasteiger partial charge in [0.1, 0.15) is 5.00 Å². The average Bonchev–Trinajstić information content (AvgIpc) is 3.36. The molecule has 0 aliphatic heterocycles.